The number of rotatable bonds is 2. The maximum atomic E-state index is 5.71. The molecule has 1 aliphatic carbocycles. The van der Waals surface area contributed by atoms with Crippen LogP contribution in [0.1, 0.15) is 18.2 Å². The molecule has 2 heterocycles. The third-order valence-electron chi connectivity index (χ3n) is 2.96. The van der Waals surface area contributed by atoms with Crippen molar-refractivity contribution in [1.82, 2.24) is 9.97 Å². The lowest BCUT2D eigenvalue weighted by Crippen LogP contribution is -2.07. The summed E-state index contributed by atoms with van der Waals surface area (Å²) in [5.41, 5.74) is 5.71. The van der Waals surface area contributed by atoms with Gasteiger partial charge in [0.25, 0.3) is 0 Å². The van der Waals surface area contributed by atoms with Crippen LogP contribution in [0.15, 0.2) is 6.07 Å². The third-order valence-corrected chi connectivity index (χ3v) is 3.91. The minimum absolute atomic E-state index is 0.352. The summed E-state index contributed by atoms with van der Waals surface area (Å²) in [4.78, 5) is 10.8. The predicted octanol–water partition coefficient (Wildman–Crippen LogP) is 2.40. The van der Waals surface area contributed by atoms with Crippen molar-refractivity contribution < 1.29 is 0 Å². The molecule has 16 heavy (non-hydrogen) atoms. The van der Waals surface area contributed by atoms with Crippen molar-refractivity contribution in [1.29, 1.82) is 0 Å². The van der Waals surface area contributed by atoms with Gasteiger partial charge in [0, 0.05) is 10.9 Å². The number of anilines is 2. The molecule has 2 aromatic heterocycles. The van der Waals surface area contributed by atoms with E-state index in [1.807, 2.05) is 0 Å². The smallest absolute Gasteiger partial charge is 0.223 e. The van der Waals surface area contributed by atoms with E-state index in [9.17, 15) is 0 Å². The molecular formula is C11H14N4S. The van der Waals surface area contributed by atoms with Crippen molar-refractivity contribution in [2.75, 3.05) is 11.1 Å². The second-order valence-corrected chi connectivity index (χ2v) is 5.70. The fourth-order valence-corrected chi connectivity index (χ4v) is 2.75. The molecule has 0 radical (unpaired) electrons. The standard InChI is InChI=1S/C11H14N4S/c1-5-3-8(5)13-9-7-4-6(2)16-10(7)15-11(12)14-9/h4-5,8H,3H2,1-2H3,(H3,12,13,14,15). The summed E-state index contributed by atoms with van der Waals surface area (Å²) in [6.45, 7) is 4.31. The van der Waals surface area contributed by atoms with E-state index >= 15 is 0 Å². The van der Waals surface area contributed by atoms with Gasteiger partial charge in [0.1, 0.15) is 10.6 Å². The number of nitrogens with two attached hydrogens (primary N) is 1. The molecule has 1 fully saturated rings. The van der Waals surface area contributed by atoms with Gasteiger partial charge in [-0.05, 0) is 25.3 Å². The van der Waals surface area contributed by atoms with Crippen LogP contribution < -0.4 is 11.1 Å². The molecule has 0 spiro atoms. The Morgan fingerprint density at radius 1 is 1.50 bits per heavy atom. The molecule has 0 aliphatic heterocycles. The van der Waals surface area contributed by atoms with Gasteiger partial charge in [-0.2, -0.15) is 4.98 Å². The molecule has 5 heteroatoms. The fraction of sp³-hybridized carbons (Fsp3) is 0.455. The molecule has 2 unspecified atom stereocenters. The van der Waals surface area contributed by atoms with E-state index in [-0.39, 0.29) is 0 Å². The maximum Gasteiger partial charge on any atom is 0.223 e. The van der Waals surface area contributed by atoms with Crippen LogP contribution in [-0.2, 0) is 0 Å². The van der Waals surface area contributed by atoms with Crippen molar-refractivity contribution in [2.45, 2.75) is 26.3 Å². The zero-order valence-electron chi connectivity index (χ0n) is 9.32. The summed E-state index contributed by atoms with van der Waals surface area (Å²) in [7, 11) is 0. The van der Waals surface area contributed by atoms with Crippen LogP contribution in [0.4, 0.5) is 11.8 Å². The summed E-state index contributed by atoms with van der Waals surface area (Å²) in [6, 6.07) is 2.67. The number of thiophene rings is 1. The minimum Gasteiger partial charge on any atom is -0.368 e. The van der Waals surface area contributed by atoms with Gasteiger partial charge in [-0.25, -0.2) is 4.98 Å². The molecule has 0 saturated heterocycles. The highest BCUT2D eigenvalue weighted by molar-refractivity contribution is 7.18. The molecule has 3 rings (SSSR count). The van der Waals surface area contributed by atoms with Crippen molar-refractivity contribution in [3.05, 3.63) is 10.9 Å². The summed E-state index contributed by atoms with van der Waals surface area (Å²) < 4.78 is 0. The first-order valence-corrected chi connectivity index (χ1v) is 6.25. The average Bonchev–Trinajstić information content (AvgIpc) is 2.73. The van der Waals surface area contributed by atoms with Gasteiger partial charge in [0.15, 0.2) is 0 Å². The zero-order valence-corrected chi connectivity index (χ0v) is 10.1. The number of aryl methyl sites for hydroxylation is 1. The van der Waals surface area contributed by atoms with Gasteiger partial charge in [-0.3, -0.25) is 0 Å². The van der Waals surface area contributed by atoms with Gasteiger partial charge in [0.05, 0.1) is 5.39 Å². The summed E-state index contributed by atoms with van der Waals surface area (Å²) in [6.07, 6.45) is 1.22. The normalized spacial score (nSPS) is 23.6. The van der Waals surface area contributed by atoms with Crippen molar-refractivity contribution in [2.24, 2.45) is 5.92 Å². The average molecular weight is 234 g/mol. The van der Waals surface area contributed by atoms with E-state index < -0.39 is 0 Å². The van der Waals surface area contributed by atoms with Gasteiger partial charge < -0.3 is 11.1 Å². The molecule has 3 N–H and O–H groups in total. The second-order valence-electron chi connectivity index (χ2n) is 4.47. The molecule has 84 valence electrons. The Hall–Kier alpha value is -1.36. The number of nitrogen functional groups attached to an aromatic ring is 1. The Morgan fingerprint density at radius 2 is 2.25 bits per heavy atom. The van der Waals surface area contributed by atoms with Crippen LogP contribution in [0.2, 0.25) is 0 Å². The molecule has 1 aliphatic rings. The zero-order chi connectivity index (χ0) is 11.3. The van der Waals surface area contributed by atoms with Gasteiger partial charge in [-0.1, -0.05) is 6.92 Å². The monoisotopic (exact) mass is 234 g/mol. The SMILES string of the molecule is Cc1cc2c(NC3CC3C)nc(N)nc2s1. The first-order chi connectivity index (χ1) is 7.63. The van der Waals surface area contributed by atoms with Crippen molar-refractivity contribution in [3.8, 4) is 0 Å². The van der Waals surface area contributed by atoms with E-state index in [1.54, 1.807) is 11.3 Å². The van der Waals surface area contributed by atoms with Crippen molar-refractivity contribution in [3.63, 3.8) is 0 Å². The molecular weight excluding hydrogens is 220 g/mol. The third kappa shape index (κ3) is 1.61. The Labute approximate surface area is 97.9 Å². The quantitative estimate of drug-likeness (QED) is 0.837. The number of hydrogen-bond donors (Lipinski definition) is 2. The number of nitrogens with zero attached hydrogens (tertiary/aromatic N) is 2. The number of aromatic nitrogens is 2. The van der Waals surface area contributed by atoms with E-state index in [0.717, 1.165) is 22.0 Å². The maximum absolute atomic E-state index is 5.71. The van der Waals surface area contributed by atoms with E-state index in [2.05, 4.69) is 35.2 Å². The Balaban J connectivity index is 2.06. The lowest BCUT2D eigenvalue weighted by atomic mass is 10.3. The molecule has 4 nitrogen and oxygen atoms in total. The lowest BCUT2D eigenvalue weighted by Gasteiger charge is -2.05. The topological polar surface area (TPSA) is 63.8 Å². The predicted molar refractivity (Wildman–Crippen MR) is 67.8 cm³/mol. The highest BCUT2D eigenvalue weighted by atomic mass is 32.1. The fourth-order valence-electron chi connectivity index (χ4n) is 1.87. The summed E-state index contributed by atoms with van der Waals surface area (Å²) in [5.74, 6) is 1.98. The van der Waals surface area contributed by atoms with Gasteiger partial charge >= 0.3 is 0 Å². The van der Waals surface area contributed by atoms with Crippen LogP contribution in [0, 0.1) is 12.8 Å². The minimum atomic E-state index is 0.352. The van der Waals surface area contributed by atoms with E-state index in [0.29, 0.717) is 12.0 Å². The molecule has 0 amide bonds. The Kier molecular flexibility index (Phi) is 2.04. The van der Waals surface area contributed by atoms with Crippen molar-refractivity contribution >= 4 is 33.3 Å². The Morgan fingerprint density at radius 3 is 2.94 bits per heavy atom. The van der Waals surface area contributed by atoms with Crippen LogP contribution >= 0.6 is 11.3 Å². The molecule has 2 aromatic rings. The largest absolute Gasteiger partial charge is 0.368 e. The van der Waals surface area contributed by atoms with Crippen LogP contribution in [0.5, 0.6) is 0 Å². The first kappa shape index (κ1) is 9.84. The highest BCUT2D eigenvalue weighted by Crippen LogP contribution is 2.35. The first-order valence-electron chi connectivity index (χ1n) is 5.43. The summed E-state index contributed by atoms with van der Waals surface area (Å²) in [5, 5.41) is 4.53. The second kappa shape index (κ2) is 3.31. The number of fused-ring (bicyclic) bond motifs is 1. The molecule has 1 saturated carbocycles. The van der Waals surface area contributed by atoms with Gasteiger partial charge in [0.2, 0.25) is 5.95 Å². The number of nitrogens with one attached hydrogen (secondary N) is 1. The van der Waals surface area contributed by atoms with Gasteiger partial charge in [-0.15, -0.1) is 11.3 Å². The Bertz CT molecular complexity index is 548. The highest BCUT2D eigenvalue weighted by Gasteiger charge is 2.33. The van der Waals surface area contributed by atoms with Crippen LogP contribution in [-0.4, -0.2) is 16.0 Å². The molecule has 0 aromatic carbocycles. The van der Waals surface area contributed by atoms with E-state index in [4.69, 9.17) is 5.73 Å². The number of hydrogen-bond acceptors (Lipinski definition) is 5. The summed E-state index contributed by atoms with van der Waals surface area (Å²) >= 11 is 1.66. The van der Waals surface area contributed by atoms with Crippen LogP contribution in [0.25, 0.3) is 10.2 Å². The van der Waals surface area contributed by atoms with E-state index in [1.165, 1.54) is 11.3 Å². The molecule has 0 bridgehead atoms. The van der Waals surface area contributed by atoms with Crippen LogP contribution in [0.3, 0.4) is 0 Å². The molecule has 2 atom stereocenters. The lowest BCUT2D eigenvalue weighted by molar-refractivity contribution is 0.925.